The number of methoxy groups -OCH3 is 1. The number of nitrogens with zero attached hydrogens (tertiary/aromatic N) is 1. The maximum Gasteiger partial charge on any atom is 0.250 e. The Labute approximate surface area is 200 Å². The number of imide groups is 1. The number of carbonyl (C=O) groups is 3. The molecule has 6 rings (SSSR count). The Kier molecular flexibility index (Phi) is 4.81. The molecule has 4 atom stereocenters. The fourth-order valence-corrected chi connectivity index (χ4v) is 6.12. The molecule has 3 aromatic rings. The lowest BCUT2D eigenvalue weighted by Crippen LogP contribution is -2.53. The summed E-state index contributed by atoms with van der Waals surface area (Å²) in [7, 11) is 1.53. The highest BCUT2D eigenvalue weighted by molar-refractivity contribution is 6.31. The third-order valence-electron chi connectivity index (χ3n) is 7.40. The number of fused-ring (bicyclic) bond motifs is 5. The van der Waals surface area contributed by atoms with Crippen molar-refractivity contribution in [2.24, 2.45) is 11.8 Å². The van der Waals surface area contributed by atoms with Crippen LogP contribution in [0.5, 0.6) is 0 Å². The molecule has 8 nitrogen and oxygen atoms in total. The molecule has 1 spiro atoms. The number of H-pyrrole nitrogens is 1. The van der Waals surface area contributed by atoms with Crippen LogP contribution in [0, 0.1) is 11.8 Å². The number of benzene rings is 2. The van der Waals surface area contributed by atoms with Gasteiger partial charge in [0.25, 0.3) is 0 Å². The first-order chi connectivity index (χ1) is 16.5. The van der Waals surface area contributed by atoms with Crippen LogP contribution in [0.2, 0.25) is 5.02 Å². The van der Waals surface area contributed by atoms with E-state index in [4.69, 9.17) is 16.3 Å². The van der Waals surface area contributed by atoms with E-state index < -0.39 is 23.4 Å². The number of para-hydroxylation sites is 1. The molecule has 3 N–H and O–H groups in total. The Morgan fingerprint density at radius 3 is 2.76 bits per heavy atom. The smallest absolute Gasteiger partial charge is 0.250 e. The lowest BCUT2D eigenvalue weighted by molar-refractivity contribution is -0.143. The van der Waals surface area contributed by atoms with E-state index in [1.807, 2.05) is 30.5 Å². The molecule has 3 aliphatic rings. The number of likely N-dealkylation sites (tertiary alicyclic amines) is 1. The molecule has 0 aliphatic carbocycles. The lowest BCUT2D eigenvalue weighted by Gasteiger charge is -2.29. The molecule has 2 saturated heterocycles. The van der Waals surface area contributed by atoms with Crippen molar-refractivity contribution >= 4 is 45.9 Å². The predicted molar refractivity (Wildman–Crippen MR) is 126 cm³/mol. The Balaban J connectivity index is 1.47. The zero-order chi connectivity index (χ0) is 23.6. The zero-order valence-electron chi connectivity index (χ0n) is 18.4. The molecule has 3 aliphatic heterocycles. The molecule has 1 aromatic heterocycles. The molecule has 174 valence electrons. The van der Waals surface area contributed by atoms with E-state index in [9.17, 15) is 14.4 Å². The van der Waals surface area contributed by atoms with Gasteiger partial charge in [0.2, 0.25) is 17.7 Å². The van der Waals surface area contributed by atoms with Crippen molar-refractivity contribution in [1.82, 2.24) is 15.2 Å². The average molecular weight is 479 g/mol. The van der Waals surface area contributed by atoms with Crippen molar-refractivity contribution in [3.63, 3.8) is 0 Å². The number of ether oxygens (including phenoxy) is 1. The second-order valence-corrected chi connectivity index (χ2v) is 9.53. The van der Waals surface area contributed by atoms with Crippen LogP contribution in [-0.4, -0.2) is 53.9 Å². The van der Waals surface area contributed by atoms with Gasteiger partial charge in [-0.25, -0.2) is 0 Å². The molecular weight excluding hydrogens is 456 g/mol. The standard InChI is InChI=1S/C25H23ClN4O4/c1-34-9-8-30-22(31)20-19(10-13-12-27-17-5-3-2-4-15(13)17)29-25(21(20)23(30)32)16-11-14(26)6-7-18(16)28-24(25)33/h2-7,11-12,19-21,27,29H,8-10H2,1H3,(H,28,33)/t19-,20-,21+,25-/m1/s1. The third-order valence-corrected chi connectivity index (χ3v) is 7.64. The van der Waals surface area contributed by atoms with Gasteiger partial charge in [-0.1, -0.05) is 29.8 Å². The number of anilines is 1. The summed E-state index contributed by atoms with van der Waals surface area (Å²) in [6.07, 6.45) is 2.41. The van der Waals surface area contributed by atoms with Crippen LogP contribution in [0.3, 0.4) is 0 Å². The van der Waals surface area contributed by atoms with Crippen molar-refractivity contribution in [3.8, 4) is 0 Å². The summed E-state index contributed by atoms with van der Waals surface area (Å²) in [5, 5.41) is 7.87. The first-order valence-electron chi connectivity index (χ1n) is 11.2. The summed E-state index contributed by atoms with van der Waals surface area (Å²) in [4.78, 5) is 45.3. The summed E-state index contributed by atoms with van der Waals surface area (Å²) >= 11 is 6.30. The van der Waals surface area contributed by atoms with Crippen molar-refractivity contribution < 1.29 is 19.1 Å². The number of halogens is 1. The summed E-state index contributed by atoms with van der Waals surface area (Å²) in [6, 6.07) is 12.6. The second-order valence-electron chi connectivity index (χ2n) is 9.09. The number of aromatic nitrogens is 1. The topological polar surface area (TPSA) is 104 Å². The van der Waals surface area contributed by atoms with Gasteiger partial charge in [-0.3, -0.25) is 24.6 Å². The minimum atomic E-state index is -1.36. The van der Waals surface area contributed by atoms with E-state index >= 15 is 0 Å². The van der Waals surface area contributed by atoms with Crippen molar-refractivity contribution in [2.45, 2.75) is 18.0 Å². The Morgan fingerprint density at radius 1 is 1.12 bits per heavy atom. The monoisotopic (exact) mass is 478 g/mol. The molecule has 0 saturated carbocycles. The molecule has 2 fully saturated rings. The van der Waals surface area contributed by atoms with Crippen LogP contribution in [0.15, 0.2) is 48.7 Å². The summed E-state index contributed by atoms with van der Waals surface area (Å²) in [5.74, 6) is -2.52. The normalized spacial score (nSPS) is 27.6. The number of hydrogen-bond acceptors (Lipinski definition) is 5. The largest absolute Gasteiger partial charge is 0.383 e. The minimum Gasteiger partial charge on any atom is -0.383 e. The van der Waals surface area contributed by atoms with Crippen molar-refractivity contribution in [3.05, 3.63) is 64.8 Å². The fourth-order valence-electron chi connectivity index (χ4n) is 5.95. The number of nitrogens with one attached hydrogen (secondary N) is 3. The van der Waals surface area contributed by atoms with Gasteiger partial charge in [-0.15, -0.1) is 0 Å². The highest BCUT2D eigenvalue weighted by Gasteiger charge is 2.70. The Bertz CT molecular complexity index is 1350. The molecule has 3 amide bonds. The lowest BCUT2D eigenvalue weighted by atomic mass is 9.76. The summed E-state index contributed by atoms with van der Waals surface area (Å²) < 4.78 is 5.13. The summed E-state index contributed by atoms with van der Waals surface area (Å²) in [5.41, 5.74) is 1.85. The van der Waals surface area contributed by atoms with Crippen LogP contribution in [0.25, 0.3) is 10.9 Å². The average Bonchev–Trinajstić information content (AvgIpc) is 3.53. The van der Waals surface area contributed by atoms with E-state index in [1.165, 1.54) is 12.0 Å². The Morgan fingerprint density at radius 2 is 1.94 bits per heavy atom. The first-order valence-corrected chi connectivity index (χ1v) is 11.6. The van der Waals surface area contributed by atoms with Crippen LogP contribution in [-0.2, 0) is 31.1 Å². The minimum absolute atomic E-state index is 0.154. The molecule has 0 unspecified atom stereocenters. The maximum atomic E-state index is 13.7. The summed E-state index contributed by atoms with van der Waals surface area (Å²) in [6.45, 7) is 0.389. The second kappa shape index (κ2) is 7.66. The fraction of sp³-hybridized carbons (Fsp3) is 0.320. The molecule has 34 heavy (non-hydrogen) atoms. The van der Waals surface area contributed by atoms with E-state index in [2.05, 4.69) is 15.6 Å². The third kappa shape index (κ3) is 2.82. The first kappa shape index (κ1) is 21.3. The number of hydrogen-bond donors (Lipinski definition) is 3. The molecule has 4 heterocycles. The van der Waals surface area contributed by atoms with Gasteiger partial charge in [0.15, 0.2) is 0 Å². The molecule has 2 aromatic carbocycles. The molecule has 0 radical (unpaired) electrons. The van der Waals surface area contributed by atoms with Gasteiger partial charge in [0, 0.05) is 46.5 Å². The van der Waals surface area contributed by atoms with Crippen LogP contribution in [0.1, 0.15) is 11.1 Å². The van der Waals surface area contributed by atoms with Gasteiger partial charge >= 0.3 is 0 Å². The van der Waals surface area contributed by atoms with E-state index in [0.717, 1.165) is 16.5 Å². The molecule has 0 bridgehead atoms. The van der Waals surface area contributed by atoms with Gasteiger partial charge in [0.1, 0.15) is 5.54 Å². The van der Waals surface area contributed by atoms with Gasteiger partial charge in [-0.2, -0.15) is 0 Å². The predicted octanol–water partition coefficient (Wildman–Crippen LogP) is 2.43. The number of carbonyl (C=O) groups excluding carboxylic acids is 3. The zero-order valence-corrected chi connectivity index (χ0v) is 19.2. The van der Waals surface area contributed by atoms with Gasteiger partial charge in [0.05, 0.1) is 25.0 Å². The van der Waals surface area contributed by atoms with E-state index in [1.54, 1.807) is 18.2 Å². The van der Waals surface area contributed by atoms with Crippen LogP contribution >= 0.6 is 11.6 Å². The van der Waals surface area contributed by atoms with Gasteiger partial charge < -0.3 is 15.0 Å². The SMILES string of the molecule is COCCN1C(=O)[C@H]2[C@@H](C1=O)[C@@]1(N[C@@H]2Cc2c[nH]c3ccccc23)C(=O)Nc2ccc(Cl)cc21. The van der Waals surface area contributed by atoms with Gasteiger partial charge in [-0.05, 0) is 36.2 Å². The number of amides is 3. The number of aromatic amines is 1. The number of rotatable bonds is 5. The molecule has 9 heteroatoms. The Hall–Kier alpha value is -3.20. The van der Waals surface area contributed by atoms with E-state index in [-0.39, 0.29) is 30.9 Å². The highest BCUT2D eigenvalue weighted by atomic mass is 35.5. The van der Waals surface area contributed by atoms with Crippen LogP contribution < -0.4 is 10.6 Å². The molecular formula is C25H23ClN4O4. The maximum absolute atomic E-state index is 13.7. The highest BCUT2D eigenvalue weighted by Crippen LogP contribution is 2.53. The van der Waals surface area contributed by atoms with Crippen molar-refractivity contribution in [2.75, 3.05) is 25.6 Å². The van der Waals surface area contributed by atoms with E-state index in [0.29, 0.717) is 22.7 Å². The van der Waals surface area contributed by atoms with Crippen molar-refractivity contribution in [1.29, 1.82) is 0 Å². The van der Waals surface area contributed by atoms with Crippen LogP contribution in [0.4, 0.5) is 5.69 Å². The quantitative estimate of drug-likeness (QED) is 0.489.